The van der Waals surface area contributed by atoms with Crippen molar-refractivity contribution in [3.05, 3.63) is 0 Å². The Morgan fingerprint density at radius 3 is 2.56 bits per heavy atom. The van der Waals surface area contributed by atoms with Gasteiger partial charge in [-0.2, -0.15) is 0 Å². The quantitative estimate of drug-likeness (QED) is 0.785. The van der Waals surface area contributed by atoms with Crippen LogP contribution in [0.25, 0.3) is 0 Å². The number of hydrogen-bond donors (Lipinski definition) is 1. The first kappa shape index (κ1) is 11.0. The zero-order chi connectivity index (χ0) is 11.2. The van der Waals surface area contributed by atoms with E-state index < -0.39 is 0 Å². The van der Waals surface area contributed by atoms with Gasteiger partial charge in [0.2, 0.25) is 0 Å². The van der Waals surface area contributed by atoms with E-state index in [0.717, 1.165) is 17.9 Å². The van der Waals surface area contributed by atoms with Crippen LogP contribution in [0, 0.1) is 11.8 Å². The molecular weight excluding hydrogens is 196 g/mol. The van der Waals surface area contributed by atoms with Crippen molar-refractivity contribution >= 4 is 0 Å². The van der Waals surface area contributed by atoms with Crippen LogP contribution < -0.4 is 5.32 Å². The highest BCUT2D eigenvalue weighted by molar-refractivity contribution is 5.06. The van der Waals surface area contributed by atoms with Gasteiger partial charge in [0, 0.05) is 24.7 Å². The fraction of sp³-hybridized carbons (Fsp3) is 1.00. The fourth-order valence-electron chi connectivity index (χ4n) is 3.50. The average molecular weight is 222 g/mol. The van der Waals surface area contributed by atoms with Crippen molar-refractivity contribution in [1.29, 1.82) is 0 Å². The van der Waals surface area contributed by atoms with Gasteiger partial charge in [-0.15, -0.1) is 0 Å². The first-order chi connectivity index (χ1) is 7.74. The summed E-state index contributed by atoms with van der Waals surface area (Å²) in [6.07, 6.45) is 7.17. The Hall–Kier alpha value is -0.0800. The standard InChI is InChI=1S/C14H26N2/c1-3-8-16-9-13(11-4-5-11)15-10-14(16,2)12-6-7-12/h11-13,15H,3-10H2,1-2H3. The summed E-state index contributed by atoms with van der Waals surface area (Å²) < 4.78 is 0. The highest BCUT2D eigenvalue weighted by Gasteiger charge is 2.49. The maximum absolute atomic E-state index is 3.84. The summed E-state index contributed by atoms with van der Waals surface area (Å²) in [4.78, 5) is 2.81. The number of nitrogens with zero attached hydrogens (tertiary/aromatic N) is 1. The van der Waals surface area contributed by atoms with Gasteiger partial charge in [0.15, 0.2) is 0 Å². The summed E-state index contributed by atoms with van der Waals surface area (Å²) in [6, 6.07) is 0.804. The van der Waals surface area contributed by atoms with Crippen LogP contribution in [0.1, 0.15) is 46.0 Å². The van der Waals surface area contributed by atoms with Crippen LogP contribution in [0.15, 0.2) is 0 Å². The van der Waals surface area contributed by atoms with Crippen molar-refractivity contribution in [1.82, 2.24) is 10.2 Å². The van der Waals surface area contributed by atoms with Crippen molar-refractivity contribution in [3.63, 3.8) is 0 Å². The van der Waals surface area contributed by atoms with Gasteiger partial charge in [0.1, 0.15) is 0 Å². The van der Waals surface area contributed by atoms with Gasteiger partial charge in [-0.25, -0.2) is 0 Å². The molecule has 2 saturated carbocycles. The van der Waals surface area contributed by atoms with E-state index in [2.05, 4.69) is 24.1 Å². The molecule has 0 aromatic carbocycles. The number of piperazine rings is 1. The van der Waals surface area contributed by atoms with E-state index in [4.69, 9.17) is 0 Å². The summed E-state index contributed by atoms with van der Waals surface area (Å²) in [7, 11) is 0. The lowest BCUT2D eigenvalue weighted by molar-refractivity contribution is 0.0306. The van der Waals surface area contributed by atoms with Gasteiger partial charge in [0.05, 0.1) is 0 Å². The lowest BCUT2D eigenvalue weighted by atomic mass is 9.88. The largest absolute Gasteiger partial charge is 0.311 e. The molecule has 2 atom stereocenters. The van der Waals surface area contributed by atoms with Gasteiger partial charge in [-0.05, 0) is 57.4 Å². The molecule has 2 heteroatoms. The summed E-state index contributed by atoms with van der Waals surface area (Å²) >= 11 is 0. The van der Waals surface area contributed by atoms with Crippen LogP contribution in [0.5, 0.6) is 0 Å². The first-order valence-corrected chi connectivity index (χ1v) is 7.22. The van der Waals surface area contributed by atoms with Crippen LogP contribution in [0.4, 0.5) is 0 Å². The number of nitrogens with one attached hydrogen (secondary N) is 1. The summed E-state index contributed by atoms with van der Waals surface area (Å²) in [6.45, 7) is 8.67. The van der Waals surface area contributed by atoms with Crippen LogP contribution in [0.3, 0.4) is 0 Å². The van der Waals surface area contributed by atoms with Crippen molar-refractivity contribution < 1.29 is 0 Å². The molecule has 2 unspecified atom stereocenters. The molecule has 16 heavy (non-hydrogen) atoms. The van der Waals surface area contributed by atoms with E-state index in [1.54, 1.807) is 0 Å². The van der Waals surface area contributed by atoms with Gasteiger partial charge in [-0.3, -0.25) is 4.90 Å². The third-order valence-electron chi connectivity index (χ3n) is 5.00. The summed E-state index contributed by atoms with van der Waals surface area (Å²) in [5, 5.41) is 3.84. The molecule has 0 aromatic rings. The van der Waals surface area contributed by atoms with Gasteiger partial charge >= 0.3 is 0 Å². The molecule has 1 saturated heterocycles. The van der Waals surface area contributed by atoms with Crippen molar-refractivity contribution in [2.24, 2.45) is 11.8 Å². The molecule has 0 bridgehead atoms. The maximum Gasteiger partial charge on any atom is 0.0334 e. The third kappa shape index (κ3) is 1.91. The fourth-order valence-corrected chi connectivity index (χ4v) is 3.50. The molecule has 3 aliphatic rings. The smallest absolute Gasteiger partial charge is 0.0334 e. The lowest BCUT2D eigenvalue weighted by Gasteiger charge is -2.49. The molecule has 2 aliphatic carbocycles. The molecule has 2 nitrogen and oxygen atoms in total. The van der Waals surface area contributed by atoms with E-state index >= 15 is 0 Å². The SMILES string of the molecule is CCCN1CC(C2CC2)NCC1(C)C1CC1. The van der Waals surface area contributed by atoms with Gasteiger partial charge in [0.25, 0.3) is 0 Å². The highest BCUT2D eigenvalue weighted by atomic mass is 15.3. The van der Waals surface area contributed by atoms with E-state index in [9.17, 15) is 0 Å². The van der Waals surface area contributed by atoms with E-state index in [0.29, 0.717) is 5.54 Å². The minimum absolute atomic E-state index is 0.474. The molecule has 3 rings (SSSR count). The lowest BCUT2D eigenvalue weighted by Crippen LogP contribution is -2.65. The molecule has 0 radical (unpaired) electrons. The molecule has 1 aliphatic heterocycles. The van der Waals surface area contributed by atoms with E-state index in [1.165, 1.54) is 51.7 Å². The maximum atomic E-state index is 3.84. The topological polar surface area (TPSA) is 15.3 Å². The van der Waals surface area contributed by atoms with Crippen molar-refractivity contribution in [3.8, 4) is 0 Å². The molecule has 3 fully saturated rings. The number of hydrogen-bond acceptors (Lipinski definition) is 2. The predicted molar refractivity (Wildman–Crippen MR) is 67.5 cm³/mol. The van der Waals surface area contributed by atoms with Crippen molar-refractivity contribution in [2.75, 3.05) is 19.6 Å². The molecular formula is C14H26N2. The summed E-state index contributed by atoms with van der Waals surface area (Å²) in [5.41, 5.74) is 0.474. The van der Waals surface area contributed by atoms with Crippen LogP contribution >= 0.6 is 0 Å². The zero-order valence-corrected chi connectivity index (χ0v) is 10.8. The second kappa shape index (κ2) is 3.99. The van der Waals surface area contributed by atoms with E-state index in [-0.39, 0.29) is 0 Å². The normalized spacial score (nSPS) is 41.2. The Kier molecular flexibility index (Phi) is 2.75. The van der Waals surface area contributed by atoms with Gasteiger partial charge in [-0.1, -0.05) is 6.92 Å². The Balaban J connectivity index is 1.69. The average Bonchev–Trinajstić information content (AvgIpc) is 3.15. The third-order valence-corrected chi connectivity index (χ3v) is 5.00. The minimum Gasteiger partial charge on any atom is -0.311 e. The molecule has 0 amide bonds. The summed E-state index contributed by atoms with van der Waals surface area (Å²) in [5.74, 6) is 1.98. The highest BCUT2D eigenvalue weighted by Crippen LogP contribution is 2.45. The minimum atomic E-state index is 0.474. The van der Waals surface area contributed by atoms with Crippen LogP contribution in [-0.4, -0.2) is 36.1 Å². The Morgan fingerprint density at radius 2 is 2.00 bits per heavy atom. The molecule has 0 spiro atoms. The van der Waals surface area contributed by atoms with E-state index in [1.807, 2.05) is 0 Å². The van der Waals surface area contributed by atoms with Crippen LogP contribution in [-0.2, 0) is 0 Å². The second-order valence-electron chi connectivity index (χ2n) is 6.40. The Labute approximate surface area is 99.8 Å². The molecule has 1 N–H and O–H groups in total. The first-order valence-electron chi connectivity index (χ1n) is 7.22. The van der Waals surface area contributed by atoms with Crippen LogP contribution in [0.2, 0.25) is 0 Å². The zero-order valence-electron chi connectivity index (χ0n) is 10.8. The molecule has 92 valence electrons. The molecule has 1 heterocycles. The monoisotopic (exact) mass is 222 g/mol. The number of rotatable bonds is 4. The second-order valence-corrected chi connectivity index (χ2v) is 6.40. The Bertz CT molecular complexity index is 257. The van der Waals surface area contributed by atoms with Crippen molar-refractivity contribution in [2.45, 2.75) is 57.5 Å². The molecule has 0 aromatic heterocycles. The van der Waals surface area contributed by atoms with Gasteiger partial charge < -0.3 is 5.32 Å². The Morgan fingerprint density at radius 1 is 1.25 bits per heavy atom. The predicted octanol–water partition coefficient (Wildman–Crippen LogP) is 2.25.